The van der Waals surface area contributed by atoms with E-state index in [0.717, 1.165) is 17.7 Å². The molecule has 200 valence electrons. The molecule has 0 spiro atoms. The van der Waals surface area contributed by atoms with Crippen molar-refractivity contribution >= 4 is 11.6 Å². The van der Waals surface area contributed by atoms with Crippen molar-refractivity contribution in [2.45, 2.75) is 25.6 Å². The van der Waals surface area contributed by atoms with Gasteiger partial charge in [-0.25, -0.2) is 0 Å². The molecule has 0 saturated heterocycles. The first-order valence-corrected chi connectivity index (χ1v) is 11.6. The minimum absolute atomic E-state index is 0.00852. The first-order chi connectivity index (χ1) is 18.0. The van der Waals surface area contributed by atoms with Crippen molar-refractivity contribution in [3.63, 3.8) is 0 Å². The third-order valence-electron chi connectivity index (χ3n) is 6.49. The van der Waals surface area contributed by atoms with Crippen LogP contribution in [0.25, 0.3) is 0 Å². The average molecular weight is 530 g/mol. The fraction of sp³-hybridized carbons (Fsp3) is 0.296. The Bertz CT molecular complexity index is 1380. The number of aryl methyl sites for hydroxylation is 1. The lowest BCUT2D eigenvalue weighted by atomic mass is 9.91. The zero-order chi connectivity index (χ0) is 27.6. The minimum Gasteiger partial charge on any atom is -0.493 e. The molecule has 1 atom stereocenters. The number of halogens is 3. The molecule has 3 aromatic rings. The smallest absolute Gasteiger partial charge is 0.416 e. The van der Waals surface area contributed by atoms with Crippen LogP contribution in [0.5, 0.6) is 17.2 Å². The van der Waals surface area contributed by atoms with Gasteiger partial charge in [0.05, 0.1) is 30.7 Å². The number of hydrogen-bond donors (Lipinski definition) is 0. The fourth-order valence-corrected chi connectivity index (χ4v) is 4.49. The number of amides is 1. The Morgan fingerprint density at radius 1 is 1.08 bits per heavy atom. The summed E-state index contributed by atoms with van der Waals surface area (Å²) in [5.41, 5.74) is 1.03. The number of methoxy groups -OCH3 is 2. The predicted octanol–water partition coefficient (Wildman–Crippen LogP) is 5.76. The lowest BCUT2D eigenvalue weighted by Crippen LogP contribution is -2.42. The quantitative estimate of drug-likeness (QED) is 0.285. The van der Waals surface area contributed by atoms with Crippen LogP contribution in [-0.4, -0.2) is 43.1 Å². The summed E-state index contributed by atoms with van der Waals surface area (Å²) in [7, 11) is 2.97. The van der Waals surface area contributed by atoms with Crippen LogP contribution in [0, 0.1) is 17.0 Å². The van der Waals surface area contributed by atoms with Crippen molar-refractivity contribution in [2.75, 3.05) is 27.4 Å². The number of nitro benzene ring substituents is 1. The van der Waals surface area contributed by atoms with Gasteiger partial charge in [-0.3, -0.25) is 14.9 Å². The van der Waals surface area contributed by atoms with E-state index in [0.29, 0.717) is 29.0 Å². The number of ether oxygens (including phenoxy) is 3. The van der Waals surface area contributed by atoms with Gasteiger partial charge < -0.3 is 19.1 Å². The molecule has 0 N–H and O–H groups in total. The Balaban J connectivity index is 1.73. The largest absolute Gasteiger partial charge is 0.493 e. The van der Waals surface area contributed by atoms with Crippen molar-refractivity contribution in [1.29, 1.82) is 0 Å². The second-order valence-corrected chi connectivity index (χ2v) is 8.77. The van der Waals surface area contributed by atoms with Crippen molar-refractivity contribution in [1.82, 2.24) is 4.90 Å². The van der Waals surface area contributed by atoms with E-state index in [1.807, 2.05) is 0 Å². The number of fused-ring (bicyclic) bond motifs is 1. The Hall–Kier alpha value is -4.28. The van der Waals surface area contributed by atoms with E-state index in [9.17, 15) is 28.1 Å². The van der Waals surface area contributed by atoms with Crippen molar-refractivity contribution in [3.8, 4) is 17.2 Å². The predicted molar refractivity (Wildman–Crippen MR) is 132 cm³/mol. The lowest BCUT2D eigenvalue weighted by molar-refractivity contribution is -0.385. The molecule has 1 heterocycles. The number of nitrogens with zero attached hydrogens (tertiary/aromatic N) is 2. The molecule has 0 saturated carbocycles. The number of carbonyl (C=O) groups is 1. The van der Waals surface area contributed by atoms with Crippen LogP contribution >= 0.6 is 0 Å². The third-order valence-corrected chi connectivity index (χ3v) is 6.49. The first kappa shape index (κ1) is 26.8. The van der Waals surface area contributed by atoms with Gasteiger partial charge in [-0.05, 0) is 60.9 Å². The van der Waals surface area contributed by atoms with E-state index in [4.69, 9.17) is 14.2 Å². The van der Waals surface area contributed by atoms with Crippen LogP contribution in [0.1, 0.15) is 38.7 Å². The van der Waals surface area contributed by atoms with Gasteiger partial charge >= 0.3 is 6.18 Å². The van der Waals surface area contributed by atoms with E-state index in [1.54, 1.807) is 19.1 Å². The molecule has 0 radical (unpaired) electrons. The number of rotatable bonds is 7. The monoisotopic (exact) mass is 530 g/mol. The number of hydrogen-bond acceptors (Lipinski definition) is 6. The molecule has 1 aliphatic rings. The van der Waals surface area contributed by atoms with Crippen LogP contribution in [0.4, 0.5) is 18.9 Å². The summed E-state index contributed by atoms with van der Waals surface area (Å²) in [6.07, 6.45) is -4.08. The van der Waals surface area contributed by atoms with E-state index in [1.165, 1.54) is 49.5 Å². The van der Waals surface area contributed by atoms with E-state index < -0.39 is 28.6 Å². The summed E-state index contributed by atoms with van der Waals surface area (Å²) < 4.78 is 56.2. The average Bonchev–Trinajstić information content (AvgIpc) is 2.90. The molecule has 0 aromatic heterocycles. The summed E-state index contributed by atoms with van der Waals surface area (Å²) >= 11 is 0. The van der Waals surface area contributed by atoms with E-state index in [-0.39, 0.29) is 30.2 Å². The maximum absolute atomic E-state index is 13.6. The Kier molecular flexibility index (Phi) is 7.47. The highest BCUT2D eigenvalue weighted by molar-refractivity contribution is 5.95. The molecule has 11 heteroatoms. The van der Waals surface area contributed by atoms with E-state index >= 15 is 0 Å². The molecule has 0 aliphatic carbocycles. The molecular weight excluding hydrogens is 505 g/mol. The maximum atomic E-state index is 13.6. The van der Waals surface area contributed by atoms with Gasteiger partial charge in [0, 0.05) is 23.7 Å². The van der Waals surface area contributed by atoms with Gasteiger partial charge in [0.2, 0.25) is 0 Å². The maximum Gasteiger partial charge on any atom is 0.416 e. The van der Waals surface area contributed by atoms with Crippen molar-refractivity contribution in [3.05, 3.63) is 92.5 Å². The van der Waals surface area contributed by atoms with Crippen LogP contribution in [0.15, 0.2) is 54.6 Å². The second-order valence-electron chi connectivity index (χ2n) is 8.77. The van der Waals surface area contributed by atoms with E-state index in [2.05, 4.69) is 0 Å². The zero-order valence-electron chi connectivity index (χ0n) is 20.9. The first-order valence-electron chi connectivity index (χ1n) is 11.6. The third kappa shape index (κ3) is 5.36. The van der Waals surface area contributed by atoms with Gasteiger partial charge in [0.1, 0.15) is 12.4 Å². The highest BCUT2D eigenvalue weighted by Crippen LogP contribution is 2.39. The van der Waals surface area contributed by atoms with Crippen LogP contribution < -0.4 is 14.2 Å². The number of nitro groups is 1. The summed E-state index contributed by atoms with van der Waals surface area (Å²) in [5.74, 6) is 0.435. The molecule has 38 heavy (non-hydrogen) atoms. The Labute approximate surface area is 216 Å². The fourth-order valence-electron chi connectivity index (χ4n) is 4.49. The van der Waals surface area contributed by atoms with Crippen molar-refractivity contribution < 1.29 is 37.1 Å². The summed E-state index contributed by atoms with van der Waals surface area (Å²) in [5, 5.41) is 11.4. The zero-order valence-corrected chi connectivity index (χ0v) is 20.9. The topological polar surface area (TPSA) is 91.1 Å². The Morgan fingerprint density at radius 2 is 1.79 bits per heavy atom. The molecule has 0 fully saturated rings. The SMILES string of the molecule is COc1cc2c(cc1OC)C(COc1cccc(C(F)(F)F)c1)N(C(=O)c1ccc(C)c([N+](=O)[O-])c1)CC2. The molecular formula is C27H25F3N2O6. The molecule has 1 unspecified atom stereocenters. The highest BCUT2D eigenvalue weighted by Gasteiger charge is 2.35. The standard InChI is InChI=1S/C27H25F3N2O6/c1-16-7-8-18(11-22(16)32(34)35)26(33)31-10-9-17-12-24(36-2)25(37-3)14-21(17)23(31)15-38-20-6-4-5-19(13-20)27(28,29)30/h4-8,11-14,23H,9-10,15H2,1-3H3. The van der Waals surface area contributed by atoms with Gasteiger partial charge in [-0.2, -0.15) is 13.2 Å². The van der Waals surface area contributed by atoms with Crippen LogP contribution in [0.3, 0.4) is 0 Å². The van der Waals surface area contributed by atoms with Gasteiger partial charge in [0.15, 0.2) is 11.5 Å². The van der Waals surface area contributed by atoms with Crippen LogP contribution in [-0.2, 0) is 12.6 Å². The minimum atomic E-state index is -4.54. The number of benzene rings is 3. The molecule has 4 rings (SSSR count). The second kappa shape index (κ2) is 10.6. The van der Waals surface area contributed by atoms with Crippen molar-refractivity contribution in [2.24, 2.45) is 0 Å². The lowest BCUT2D eigenvalue weighted by Gasteiger charge is -2.37. The normalized spacial score (nSPS) is 15.0. The highest BCUT2D eigenvalue weighted by atomic mass is 19.4. The molecule has 0 bridgehead atoms. The number of alkyl halides is 3. The number of carbonyl (C=O) groups excluding carboxylic acids is 1. The van der Waals surface area contributed by atoms with Gasteiger partial charge in [0.25, 0.3) is 11.6 Å². The van der Waals surface area contributed by atoms with Crippen LogP contribution in [0.2, 0.25) is 0 Å². The summed E-state index contributed by atoms with van der Waals surface area (Å²) in [6, 6.07) is 11.5. The summed E-state index contributed by atoms with van der Waals surface area (Å²) in [6.45, 7) is 1.66. The van der Waals surface area contributed by atoms with Gasteiger partial charge in [-0.1, -0.05) is 12.1 Å². The molecule has 1 amide bonds. The molecule has 8 nitrogen and oxygen atoms in total. The summed E-state index contributed by atoms with van der Waals surface area (Å²) in [4.78, 5) is 26.0. The Morgan fingerprint density at radius 3 is 2.45 bits per heavy atom. The molecule has 1 aliphatic heterocycles. The molecule has 3 aromatic carbocycles. The van der Waals surface area contributed by atoms with Gasteiger partial charge in [-0.15, -0.1) is 0 Å².